The zero-order valence-electron chi connectivity index (χ0n) is 10.2. The molecule has 0 unspecified atom stereocenters. The largest absolute Gasteiger partial charge is 0.504 e. The minimum Gasteiger partial charge on any atom is -0.504 e. The average molecular weight is 250 g/mol. The van der Waals surface area contributed by atoms with Crippen LogP contribution in [0.4, 0.5) is 10.2 Å². The van der Waals surface area contributed by atoms with Gasteiger partial charge >= 0.3 is 0 Å². The van der Waals surface area contributed by atoms with Gasteiger partial charge in [0, 0.05) is 18.5 Å². The van der Waals surface area contributed by atoms with Gasteiger partial charge in [-0.05, 0) is 25.0 Å². The molecule has 0 bridgehead atoms. The van der Waals surface area contributed by atoms with E-state index in [1.807, 2.05) is 0 Å². The van der Waals surface area contributed by atoms with E-state index in [2.05, 4.69) is 4.98 Å². The van der Waals surface area contributed by atoms with Crippen LogP contribution < -0.4 is 4.90 Å². The lowest BCUT2D eigenvalue weighted by molar-refractivity contribution is -0.119. The number of carbonyl (C=O) groups excluding carboxylic acids is 1. The molecule has 0 aromatic carbocycles. The Balaban J connectivity index is 2.36. The van der Waals surface area contributed by atoms with Crippen LogP contribution in [-0.2, 0) is 9.53 Å². The van der Waals surface area contributed by atoms with Crippen LogP contribution in [-0.4, -0.2) is 24.5 Å². The summed E-state index contributed by atoms with van der Waals surface area (Å²) in [4.78, 5) is 17.5. The molecule has 1 saturated heterocycles. The number of anilines is 1. The molecule has 2 heterocycles. The fraction of sp³-hybridized carbons (Fsp3) is 0.385. The lowest BCUT2D eigenvalue weighted by Gasteiger charge is -2.26. The normalized spacial score (nSPS) is 16.3. The molecule has 2 rings (SSSR count). The summed E-state index contributed by atoms with van der Waals surface area (Å²) in [5.74, 6) is 0.0980. The first kappa shape index (κ1) is 12.5. The zero-order valence-corrected chi connectivity index (χ0v) is 10.2. The number of nitrogens with zero attached hydrogens (tertiary/aromatic N) is 2. The molecule has 1 aromatic rings. The first-order chi connectivity index (χ1) is 8.72. The Morgan fingerprint density at radius 1 is 1.50 bits per heavy atom. The predicted molar refractivity (Wildman–Crippen MR) is 66.4 cm³/mol. The fourth-order valence-electron chi connectivity index (χ4n) is 1.97. The Hall–Kier alpha value is -1.91. The average Bonchev–Trinajstić information content (AvgIpc) is 2.37. The fourth-order valence-corrected chi connectivity index (χ4v) is 1.97. The third-order valence-electron chi connectivity index (χ3n) is 2.82. The van der Waals surface area contributed by atoms with E-state index in [0.717, 1.165) is 19.0 Å². The van der Waals surface area contributed by atoms with Crippen molar-refractivity contribution < 1.29 is 13.9 Å². The summed E-state index contributed by atoms with van der Waals surface area (Å²) in [5.41, 5.74) is 0.548. The monoisotopic (exact) mass is 250 g/mol. The Labute approximate surface area is 105 Å². The van der Waals surface area contributed by atoms with Gasteiger partial charge < -0.3 is 4.74 Å². The number of rotatable bonds is 3. The van der Waals surface area contributed by atoms with Crippen LogP contribution in [0, 0.1) is 5.82 Å². The highest BCUT2D eigenvalue weighted by Gasteiger charge is 2.22. The molecule has 1 fully saturated rings. The van der Waals surface area contributed by atoms with E-state index in [1.54, 1.807) is 11.0 Å². The maximum Gasteiger partial charge on any atom is 0.228 e. The molecule has 0 atom stereocenters. The molecule has 0 N–H and O–H groups in total. The Morgan fingerprint density at radius 3 is 3.06 bits per heavy atom. The van der Waals surface area contributed by atoms with Gasteiger partial charge in [-0.1, -0.05) is 0 Å². The van der Waals surface area contributed by atoms with Gasteiger partial charge in [0.25, 0.3) is 0 Å². The van der Waals surface area contributed by atoms with Gasteiger partial charge in [-0.25, -0.2) is 9.37 Å². The second-order valence-corrected chi connectivity index (χ2v) is 4.11. The number of methoxy groups -OCH3 is 1. The molecule has 0 saturated carbocycles. The zero-order chi connectivity index (χ0) is 13.0. The molecule has 5 heteroatoms. The summed E-state index contributed by atoms with van der Waals surface area (Å²) in [6.07, 6.45) is 6.54. The van der Waals surface area contributed by atoms with E-state index in [9.17, 15) is 9.18 Å². The molecule has 0 aliphatic carbocycles. The summed E-state index contributed by atoms with van der Waals surface area (Å²) in [6, 6.07) is 1.35. The van der Waals surface area contributed by atoms with E-state index in [4.69, 9.17) is 4.74 Å². The molecule has 1 aliphatic heterocycles. The summed E-state index contributed by atoms with van der Waals surface area (Å²) >= 11 is 0. The van der Waals surface area contributed by atoms with Crippen molar-refractivity contribution in [2.45, 2.75) is 19.3 Å². The standard InChI is InChI=1S/C13H15FN2O2/c1-18-7-5-10-8-11(14)9-15-13(10)16-6-3-2-4-12(16)17/h5,7-9H,2-4,6H2,1H3. The third-order valence-corrected chi connectivity index (χ3v) is 2.82. The third kappa shape index (κ3) is 2.67. The van der Waals surface area contributed by atoms with Crippen molar-refractivity contribution in [1.82, 2.24) is 4.98 Å². The van der Waals surface area contributed by atoms with Crippen molar-refractivity contribution in [2.75, 3.05) is 18.6 Å². The smallest absolute Gasteiger partial charge is 0.228 e. The first-order valence-corrected chi connectivity index (χ1v) is 5.87. The van der Waals surface area contributed by atoms with E-state index < -0.39 is 5.82 Å². The highest BCUT2D eigenvalue weighted by Crippen LogP contribution is 2.24. The van der Waals surface area contributed by atoms with Crippen LogP contribution in [0.15, 0.2) is 18.5 Å². The van der Waals surface area contributed by atoms with Crippen LogP contribution in [0.3, 0.4) is 0 Å². The minimum atomic E-state index is -0.432. The molecular formula is C13H15FN2O2. The van der Waals surface area contributed by atoms with Crippen molar-refractivity contribution in [3.63, 3.8) is 0 Å². The molecule has 0 radical (unpaired) electrons. The molecular weight excluding hydrogens is 235 g/mol. The highest BCUT2D eigenvalue weighted by molar-refractivity contribution is 5.94. The molecule has 18 heavy (non-hydrogen) atoms. The van der Waals surface area contributed by atoms with Crippen molar-refractivity contribution >= 4 is 17.8 Å². The van der Waals surface area contributed by atoms with E-state index >= 15 is 0 Å². The summed E-state index contributed by atoms with van der Waals surface area (Å²) < 4.78 is 18.0. The second-order valence-electron chi connectivity index (χ2n) is 4.11. The lowest BCUT2D eigenvalue weighted by Crippen LogP contribution is -2.36. The quantitative estimate of drug-likeness (QED) is 0.773. The van der Waals surface area contributed by atoms with Crippen LogP contribution in [0.2, 0.25) is 0 Å². The number of hydrogen-bond donors (Lipinski definition) is 0. The second kappa shape index (κ2) is 5.62. The first-order valence-electron chi connectivity index (χ1n) is 5.87. The molecule has 1 aromatic heterocycles. The minimum absolute atomic E-state index is 0.0347. The number of ether oxygens (including phenoxy) is 1. The van der Waals surface area contributed by atoms with Gasteiger partial charge in [-0.3, -0.25) is 9.69 Å². The summed E-state index contributed by atoms with van der Waals surface area (Å²) in [7, 11) is 1.51. The van der Waals surface area contributed by atoms with Crippen LogP contribution in [0.25, 0.3) is 6.08 Å². The maximum absolute atomic E-state index is 13.2. The topological polar surface area (TPSA) is 42.4 Å². The highest BCUT2D eigenvalue weighted by atomic mass is 19.1. The number of carbonyl (C=O) groups is 1. The van der Waals surface area contributed by atoms with Crippen molar-refractivity contribution in [1.29, 1.82) is 0 Å². The van der Waals surface area contributed by atoms with Crippen LogP contribution in [0.5, 0.6) is 0 Å². The Kier molecular flexibility index (Phi) is 3.92. The Morgan fingerprint density at radius 2 is 2.33 bits per heavy atom. The summed E-state index contributed by atoms with van der Waals surface area (Å²) in [6.45, 7) is 0.630. The number of hydrogen-bond acceptors (Lipinski definition) is 3. The number of piperidine rings is 1. The van der Waals surface area contributed by atoms with Crippen molar-refractivity contribution in [2.24, 2.45) is 0 Å². The molecule has 4 nitrogen and oxygen atoms in total. The number of amides is 1. The molecule has 1 amide bonds. The Bertz CT molecular complexity index is 474. The van der Waals surface area contributed by atoms with Gasteiger partial charge in [0.15, 0.2) is 0 Å². The molecule has 96 valence electrons. The van der Waals surface area contributed by atoms with Crippen molar-refractivity contribution in [3.8, 4) is 0 Å². The lowest BCUT2D eigenvalue weighted by atomic mass is 10.1. The number of aromatic nitrogens is 1. The van der Waals surface area contributed by atoms with E-state index in [-0.39, 0.29) is 5.91 Å². The van der Waals surface area contributed by atoms with Gasteiger partial charge in [-0.15, -0.1) is 0 Å². The SMILES string of the molecule is COC=Cc1cc(F)cnc1N1CCCCC1=O. The molecule has 1 aliphatic rings. The maximum atomic E-state index is 13.2. The van der Waals surface area contributed by atoms with E-state index in [1.165, 1.54) is 19.4 Å². The number of pyridine rings is 1. The van der Waals surface area contributed by atoms with Gasteiger partial charge in [-0.2, -0.15) is 0 Å². The van der Waals surface area contributed by atoms with Crippen LogP contribution in [0.1, 0.15) is 24.8 Å². The number of halogens is 1. The van der Waals surface area contributed by atoms with Crippen molar-refractivity contribution in [3.05, 3.63) is 29.9 Å². The van der Waals surface area contributed by atoms with Gasteiger partial charge in [0.1, 0.15) is 11.6 Å². The van der Waals surface area contributed by atoms with E-state index in [0.29, 0.717) is 24.3 Å². The van der Waals surface area contributed by atoms with Gasteiger partial charge in [0.2, 0.25) is 5.91 Å². The summed E-state index contributed by atoms with van der Waals surface area (Å²) in [5, 5.41) is 0. The van der Waals surface area contributed by atoms with Crippen LogP contribution >= 0.6 is 0 Å². The predicted octanol–water partition coefficient (Wildman–Crippen LogP) is 2.35. The molecule has 0 spiro atoms. The van der Waals surface area contributed by atoms with Gasteiger partial charge in [0.05, 0.1) is 19.6 Å².